The molecule has 2 aromatic carbocycles. The molecule has 0 radical (unpaired) electrons. The second-order valence-corrected chi connectivity index (χ2v) is 5.88. The number of ether oxygens (including phenoxy) is 2. The third-order valence-corrected chi connectivity index (χ3v) is 3.68. The zero-order valence-electron chi connectivity index (χ0n) is 14.9. The molecule has 0 saturated carbocycles. The Balaban J connectivity index is 1.65. The number of para-hydroxylation sites is 2. The van der Waals surface area contributed by atoms with E-state index in [1.54, 1.807) is 24.3 Å². The molecule has 2 amide bonds. The van der Waals surface area contributed by atoms with Crippen LogP contribution in [-0.2, 0) is 16.0 Å². The van der Waals surface area contributed by atoms with Crippen LogP contribution in [0.25, 0.3) is 0 Å². The lowest BCUT2D eigenvalue weighted by Crippen LogP contribution is -2.49. The van der Waals surface area contributed by atoms with Crippen molar-refractivity contribution in [2.45, 2.75) is 12.8 Å². The lowest BCUT2D eigenvalue weighted by Gasteiger charge is -2.12. The predicted octanol–water partition coefficient (Wildman–Crippen LogP) is 1.73. The maximum Gasteiger partial charge on any atom is 0.276 e. The summed E-state index contributed by atoms with van der Waals surface area (Å²) >= 11 is 4.98. The summed E-state index contributed by atoms with van der Waals surface area (Å²) in [4.78, 5) is 23.7. The van der Waals surface area contributed by atoms with Gasteiger partial charge in [0.05, 0.1) is 7.11 Å². The molecule has 0 heterocycles. The summed E-state index contributed by atoms with van der Waals surface area (Å²) in [5.74, 6) is 0.282. The van der Waals surface area contributed by atoms with Gasteiger partial charge in [-0.2, -0.15) is 0 Å². The van der Waals surface area contributed by atoms with Gasteiger partial charge in [-0.25, -0.2) is 0 Å². The molecule has 0 unspecified atom stereocenters. The van der Waals surface area contributed by atoms with Crippen LogP contribution in [0.5, 0.6) is 11.5 Å². The molecular weight excluding hydrogens is 366 g/mol. The van der Waals surface area contributed by atoms with Gasteiger partial charge in [0, 0.05) is 6.42 Å². The van der Waals surface area contributed by atoms with E-state index in [0.29, 0.717) is 17.9 Å². The van der Waals surface area contributed by atoms with Gasteiger partial charge in [-0.1, -0.05) is 42.5 Å². The number of carbonyl (C=O) groups is 2. The van der Waals surface area contributed by atoms with Crippen LogP contribution in [0.4, 0.5) is 0 Å². The summed E-state index contributed by atoms with van der Waals surface area (Å²) in [6.45, 7) is -0.238. The van der Waals surface area contributed by atoms with Gasteiger partial charge in [0.1, 0.15) is 0 Å². The van der Waals surface area contributed by atoms with Crippen LogP contribution in [-0.4, -0.2) is 30.6 Å². The first kappa shape index (κ1) is 20.2. The number of hydrogen-bond acceptors (Lipinski definition) is 5. The fourth-order valence-electron chi connectivity index (χ4n) is 2.17. The van der Waals surface area contributed by atoms with E-state index in [4.69, 9.17) is 21.7 Å². The molecule has 142 valence electrons. The van der Waals surface area contributed by atoms with Crippen molar-refractivity contribution in [3.63, 3.8) is 0 Å². The minimum Gasteiger partial charge on any atom is -0.493 e. The van der Waals surface area contributed by atoms with Crippen LogP contribution in [0.15, 0.2) is 54.6 Å². The fraction of sp³-hybridized carbons (Fsp3) is 0.211. The molecular formula is C19H21N3O4S. The number of nitrogens with one attached hydrogen (secondary N) is 3. The van der Waals surface area contributed by atoms with E-state index in [9.17, 15) is 9.59 Å². The van der Waals surface area contributed by atoms with Crippen LogP contribution in [0.2, 0.25) is 0 Å². The smallest absolute Gasteiger partial charge is 0.276 e. The quantitative estimate of drug-likeness (QED) is 0.495. The van der Waals surface area contributed by atoms with Crippen LogP contribution in [0.3, 0.4) is 0 Å². The third-order valence-electron chi connectivity index (χ3n) is 3.48. The Morgan fingerprint density at radius 3 is 2.30 bits per heavy atom. The van der Waals surface area contributed by atoms with Crippen molar-refractivity contribution in [1.82, 2.24) is 16.2 Å². The first-order chi connectivity index (χ1) is 13.1. The summed E-state index contributed by atoms with van der Waals surface area (Å²) in [5.41, 5.74) is 5.89. The van der Waals surface area contributed by atoms with Gasteiger partial charge in [-0.05, 0) is 36.3 Å². The van der Waals surface area contributed by atoms with Gasteiger partial charge in [0.25, 0.3) is 5.91 Å². The summed E-state index contributed by atoms with van der Waals surface area (Å²) in [5, 5.41) is 2.52. The molecule has 0 aromatic heterocycles. The molecule has 2 aromatic rings. The van der Waals surface area contributed by atoms with Crippen molar-refractivity contribution in [3.05, 3.63) is 60.2 Å². The highest BCUT2D eigenvalue weighted by Crippen LogP contribution is 2.25. The zero-order valence-corrected chi connectivity index (χ0v) is 15.7. The monoisotopic (exact) mass is 387 g/mol. The third kappa shape index (κ3) is 7.33. The minimum atomic E-state index is -0.457. The van der Waals surface area contributed by atoms with E-state index < -0.39 is 5.91 Å². The number of amides is 2. The molecule has 0 aliphatic rings. The average Bonchev–Trinajstić information content (AvgIpc) is 2.70. The number of hydrogen-bond donors (Lipinski definition) is 3. The van der Waals surface area contributed by atoms with Crippen LogP contribution in [0.1, 0.15) is 12.0 Å². The molecule has 3 N–H and O–H groups in total. The van der Waals surface area contributed by atoms with Crippen molar-refractivity contribution in [2.75, 3.05) is 13.7 Å². The van der Waals surface area contributed by atoms with E-state index in [1.165, 1.54) is 7.11 Å². The molecule has 0 saturated heterocycles. The Bertz CT molecular complexity index is 784. The SMILES string of the molecule is COc1ccccc1OCC(=O)NNC(=S)NC(=O)CCc1ccccc1. The number of benzene rings is 2. The first-order valence-electron chi connectivity index (χ1n) is 8.27. The number of rotatable bonds is 7. The van der Waals surface area contributed by atoms with E-state index >= 15 is 0 Å². The normalized spacial score (nSPS) is 9.81. The molecule has 0 spiro atoms. The Morgan fingerprint density at radius 2 is 1.59 bits per heavy atom. The zero-order chi connectivity index (χ0) is 19.5. The molecule has 0 atom stereocenters. The van der Waals surface area contributed by atoms with Gasteiger partial charge in [-0.15, -0.1) is 0 Å². The number of thiocarbonyl (C=S) groups is 1. The number of hydrazine groups is 1. The van der Waals surface area contributed by atoms with Gasteiger partial charge >= 0.3 is 0 Å². The van der Waals surface area contributed by atoms with Gasteiger partial charge in [0.2, 0.25) is 5.91 Å². The minimum absolute atomic E-state index is 0.0127. The Morgan fingerprint density at radius 1 is 0.926 bits per heavy atom. The molecule has 2 rings (SSSR count). The van der Waals surface area contributed by atoms with Gasteiger partial charge in [-0.3, -0.25) is 20.4 Å². The maximum atomic E-state index is 11.9. The molecule has 0 aliphatic carbocycles. The number of methoxy groups -OCH3 is 1. The molecule has 0 fully saturated rings. The maximum absolute atomic E-state index is 11.9. The lowest BCUT2D eigenvalue weighted by atomic mass is 10.1. The number of carbonyl (C=O) groups excluding carboxylic acids is 2. The van der Waals surface area contributed by atoms with E-state index in [-0.39, 0.29) is 24.0 Å². The Hall–Kier alpha value is -3.13. The second-order valence-electron chi connectivity index (χ2n) is 5.48. The first-order valence-corrected chi connectivity index (χ1v) is 8.67. The molecule has 27 heavy (non-hydrogen) atoms. The fourth-order valence-corrected chi connectivity index (χ4v) is 2.33. The Labute approximate surface area is 163 Å². The average molecular weight is 387 g/mol. The highest BCUT2D eigenvalue weighted by molar-refractivity contribution is 7.80. The van der Waals surface area contributed by atoms with Crippen LogP contribution >= 0.6 is 12.2 Å². The van der Waals surface area contributed by atoms with Gasteiger partial charge in [0.15, 0.2) is 23.2 Å². The highest BCUT2D eigenvalue weighted by Gasteiger charge is 2.08. The van der Waals surface area contributed by atoms with E-state index in [2.05, 4.69) is 16.2 Å². The standard InChI is InChI=1S/C19H21N3O4S/c1-25-15-9-5-6-10-16(15)26-13-18(24)21-22-19(27)20-17(23)12-11-14-7-3-2-4-8-14/h2-10H,11-13H2,1H3,(H,21,24)(H2,20,22,23,27). The van der Waals surface area contributed by atoms with Crippen LogP contribution < -0.4 is 25.6 Å². The summed E-state index contributed by atoms with van der Waals surface area (Å²) in [7, 11) is 1.52. The van der Waals surface area contributed by atoms with E-state index in [1.807, 2.05) is 30.3 Å². The van der Waals surface area contributed by atoms with Crippen molar-refractivity contribution in [1.29, 1.82) is 0 Å². The summed E-state index contributed by atoms with van der Waals surface area (Å²) in [6.07, 6.45) is 0.894. The highest BCUT2D eigenvalue weighted by atomic mass is 32.1. The topological polar surface area (TPSA) is 88.7 Å². The van der Waals surface area contributed by atoms with Gasteiger partial charge < -0.3 is 14.8 Å². The molecule has 0 aliphatic heterocycles. The van der Waals surface area contributed by atoms with Crippen molar-refractivity contribution >= 4 is 29.1 Å². The Kier molecular flexibility index (Phi) is 8.05. The predicted molar refractivity (Wildman–Crippen MR) is 105 cm³/mol. The largest absolute Gasteiger partial charge is 0.493 e. The summed E-state index contributed by atoms with van der Waals surface area (Å²) < 4.78 is 10.5. The van der Waals surface area contributed by atoms with Crippen LogP contribution in [0, 0.1) is 0 Å². The molecule has 7 nitrogen and oxygen atoms in total. The van der Waals surface area contributed by atoms with E-state index in [0.717, 1.165) is 5.56 Å². The number of aryl methyl sites for hydroxylation is 1. The van der Waals surface area contributed by atoms with Crippen molar-refractivity contribution in [2.24, 2.45) is 0 Å². The molecule has 8 heteroatoms. The summed E-state index contributed by atoms with van der Waals surface area (Å²) in [6, 6.07) is 16.6. The lowest BCUT2D eigenvalue weighted by molar-refractivity contribution is -0.124. The van der Waals surface area contributed by atoms with Crippen molar-refractivity contribution in [3.8, 4) is 11.5 Å². The second kappa shape index (κ2) is 10.8. The van der Waals surface area contributed by atoms with Crippen molar-refractivity contribution < 1.29 is 19.1 Å². The molecule has 0 bridgehead atoms.